The molecule has 2 aliphatic rings. The highest BCUT2D eigenvalue weighted by atomic mass is 35.5. The minimum absolute atomic E-state index is 0.772. The van der Waals surface area contributed by atoms with Crippen LogP contribution in [0.1, 0.15) is 30.4 Å². The summed E-state index contributed by atoms with van der Waals surface area (Å²) in [5, 5.41) is 0.890. The van der Waals surface area contributed by atoms with Crippen molar-refractivity contribution in [1.82, 2.24) is 4.90 Å². The van der Waals surface area contributed by atoms with E-state index in [9.17, 15) is 0 Å². The molecule has 0 radical (unpaired) electrons. The minimum Gasteiger partial charge on any atom is -0.300 e. The number of hydrogen-bond acceptors (Lipinski definition) is 1. The first-order valence-electron chi connectivity index (χ1n) is 6.34. The number of nitrogens with zero attached hydrogens (tertiary/aromatic N) is 1. The van der Waals surface area contributed by atoms with E-state index in [2.05, 4.69) is 17.0 Å². The van der Waals surface area contributed by atoms with E-state index < -0.39 is 0 Å². The summed E-state index contributed by atoms with van der Waals surface area (Å²) in [5.41, 5.74) is 3.00. The number of aryl methyl sites for hydroxylation is 1. The normalized spacial score (nSPS) is 25.7. The highest BCUT2D eigenvalue weighted by molar-refractivity contribution is 6.30. The summed E-state index contributed by atoms with van der Waals surface area (Å²) in [7, 11) is 0. The van der Waals surface area contributed by atoms with Gasteiger partial charge in [0.25, 0.3) is 0 Å². The van der Waals surface area contributed by atoms with E-state index in [1.54, 1.807) is 0 Å². The predicted molar refractivity (Wildman–Crippen MR) is 68.1 cm³/mol. The number of halogens is 1. The van der Waals surface area contributed by atoms with Crippen LogP contribution in [0, 0.1) is 0 Å². The number of likely N-dealkylation sites (tertiary alicyclic amines) is 1. The third kappa shape index (κ3) is 1.99. The molecule has 1 atom stereocenters. The summed E-state index contributed by atoms with van der Waals surface area (Å²) in [4.78, 5) is 2.67. The van der Waals surface area contributed by atoms with Crippen LogP contribution in [0.5, 0.6) is 0 Å². The van der Waals surface area contributed by atoms with Gasteiger partial charge in [-0.2, -0.15) is 0 Å². The largest absolute Gasteiger partial charge is 0.300 e. The number of hydrogen-bond donors (Lipinski definition) is 0. The summed E-state index contributed by atoms with van der Waals surface area (Å²) in [6, 6.07) is 7.17. The quantitative estimate of drug-likeness (QED) is 0.722. The first kappa shape index (κ1) is 10.6. The predicted octanol–water partition coefficient (Wildman–Crippen LogP) is 3.29. The van der Waals surface area contributed by atoms with E-state index in [1.807, 2.05) is 6.07 Å². The molecule has 1 fully saturated rings. The summed E-state index contributed by atoms with van der Waals surface area (Å²) in [6.07, 6.45) is 6.54. The Labute approximate surface area is 102 Å². The second-order valence-electron chi connectivity index (χ2n) is 5.05. The van der Waals surface area contributed by atoms with Gasteiger partial charge < -0.3 is 4.90 Å². The highest BCUT2D eigenvalue weighted by Gasteiger charge is 2.25. The zero-order valence-corrected chi connectivity index (χ0v) is 10.3. The lowest BCUT2D eigenvalue weighted by Gasteiger charge is -2.32. The molecular weight excluding hydrogens is 218 g/mol. The number of fused-ring (bicyclic) bond motifs is 1. The molecule has 0 saturated carbocycles. The second-order valence-corrected chi connectivity index (χ2v) is 5.49. The van der Waals surface area contributed by atoms with Gasteiger partial charge in [-0.1, -0.05) is 17.7 Å². The molecule has 1 heterocycles. The Kier molecular flexibility index (Phi) is 2.91. The molecule has 1 aliphatic heterocycles. The molecule has 3 rings (SSSR count). The lowest BCUT2D eigenvalue weighted by atomic mass is 9.87. The van der Waals surface area contributed by atoms with Gasteiger partial charge in [-0.15, -0.1) is 0 Å². The van der Waals surface area contributed by atoms with Gasteiger partial charge in [0.1, 0.15) is 0 Å². The maximum Gasteiger partial charge on any atom is 0.0408 e. The van der Waals surface area contributed by atoms with Crippen molar-refractivity contribution in [3.63, 3.8) is 0 Å². The van der Waals surface area contributed by atoms with Gasteiger partial charge in [-0.3, -0.25) is 0 Å². The van der Waals surface area contributed by atoms with Crippen molar-refractivity contribution in [1.29, 1.82) is 0 Å². The van der Waals surface area contributed by atoms with E-state index in [-0.39, 0.29) is 0 Å². The highest BCUT2D eigenvalue weighted by Crippen LogP contribution is 2.28. The lowest BCUT2D eigenvalue weighted by molar-refractivity contribution is 0.222. The summed E-state index contributed by atoms with van der Waals surface area (Å²) in [5.74, 6) is 0. The fraction of sp³-hybridized carbons (Fsp3) is 0.571. The third-order valence-corrected chi connectivity index (χ3v) is 4.26. The molecular formula is C14H18ClN. The van der Waals surface area contributed by atoms with Crippen molar-refractivity contribution in [2.45, 2.75) is 38.1 Å². The monoisotopic (exact) mass is 235 g/mol. The molecule has 0 N–H and O–H groups in total. The molecule has 16 heavy (non-hydrogen) atoms. The fourth-order valence-corrected chi connectivity index (χ4v) is 3.32. The van der Waals surface area contributed by atoms with E-state index in [4.69, 9.17) is 11.6 Å². The summed E-state index contributed by atoms with van der Waals surface area (Å²) in [6.45, 7) is 2.61. The van der Waals surface area contributed by atoms with Crippen LogP contribution in [0.4, 0.5) is 0 Å². The Bertz CT molecular complexity index is 382. The molecule has 0 amide bonds. The fourth-order valence-electron chi connectivity index (χ4n) is 3.12. The Morgan fingerprint density at radius 3 is 2.75 bits per heavy atom. The van der Waals surface area contributed by atoms with Gasteiger partial charge >= 0.3 is 0 Å². The lowest BCUT2D eigenvalue weighted by Crippen LogP contribution is -2.37. The van der Waals surface area contributed by atoms with Gasteiger partial charge in [0.05, 0.1) is 0 Å². The van der Waals surface area contributed by atoms with E-state index in [1.165, 1.54) is 56.3 Å². The molecule has 1 aromatic rings. The Morgan fingerprint density at radius 2 is 1.94 bits per heavy atom. The summed E-state index contributed by atoms with van der Waals surface area (Å²) < 4.78 is 0. The van der Waals surface area contributed by atoms with Crippen LogP contribution in [0.3, 0.4) is 0 Å². The maximum atomic E-state index is 6.07. The van der Waals surface area contributed by atoms with Crippen LogP contribution < -0.4 is 0 Å². The smallest absolute Gasteiger partial charge is 0.0408 e. The third-order valence-electron chi connectivity index (χ3n) is 4.03. The molecule has 1 saturated heterocycles. The Balaban J connectivity index is 1.79. The zero-order valence-electron chi connectivity index (χ0n) is 9.58. The molecule has 1 nitrogen and oxygen atoms in total. The Hall–Kier alpha value is -0.530. The second kappa shape index (κ2) is 4.38. The molecule has 0 spiro atoms. The van der Waals surface area contributed by atoms with Crippen LogP contribution in [0.15, 0.2) is 18.2 Å². The molecule has 1 aliphatic carbocycles. The van der Waals surface area contributed by atoms with Crippen molar-refractivity contribution >= 4 is 11.6 Å². The Morgan fingerprint density at radius 1 is 1.12 bits per heavy atom. The molecule has 0 bridgehead atoms. The van der Waals surface area contributed by atoms with Crippen LogP contribution in [-0.4, -0.2) is 24.0 Å². The van der Waals surface area contributed by atoms with Crippen molar-refractivity contribution in [3.8, 4) is 0 Å². The van der Waals surface area contributed by atoms with Crippen LogP contribution in [0.2, 0.25) is 5.02 Å². The topological polar surface area (TPSA) is 3.24 Å². The van der Waals surface area contributed by atoms with Crippen molar-refractivity contribution < 1.29 is 0 Å². The average Bonchev–Trinajstić information content (AvgIpc) is 2.81. The molecule has 1 unspecified atom stereocenters. The van der Waals surface area contributed by atoms with Crippen molar-refractivity contribution in [3.05, 3.63) is 34.3 Å². The van der Waals surface area contributed by atoms with Gasteiger partial charge in [0.2, 0.25) is 0 Å². The molecule has 2 heteroatoms. The van der Waals surface area contributed by atoms with Gasteiger partial charge in [-0.25, -0.2) is 0 Å². The van der Waals surface area contributed by atoms with Gasteiger partial charge in [0, 0.05) is 11.1 Å². The van der Waals surface area contributed by atoms with Crippen molar-refractivity contribution in [2.24, 2.45) is 0 Å². The van der Waals surface area contributed by atoms with E-state index in [0.29, 0.717) is 0 Å². The van der Waals surface area contributed by atoms with Crippen LogP contribution in [-0.2, 0) is 12.8 Å². The first-order valence-corrected chi connectivity index (χ1v) is 6.72. The van der Waals surface area contributed by atoms with Crippen LogP contribution >= 0.6 is 11.6 Å². The van der Waals surface area contributed by atoms with Crippen LogP contribution in [0.25, 0.3) is 0 Å². The molecule has 1 aromatic carbocycles. The average molecular weight is 236 g/mol. The first-order chi connectivity index (χ1) is 7.83. The number of rotatable bonds is 1. The van der Waals surface area contributed by atoms with E-state index >= 15 is 0 Å². The molecule has 86 valence electrons. The maximum absolute atomic E-state index is 6.07. The molecule has 0 aromatic heterocycles. The van der Waals surface area contributed by atoms with Gasteiger partial charge in [0.15, 0.2) is 0 Å². The zero-order chi connectivity index (χ0) is 11.0. The standard InChI is InChI=1S/C14H18ClN/c15-13-5-3-11-4-6-14(10-12(11)9-13)16-7-1-2-8-16/h3,5,9,14H,1-2,4,6-8,10H2. The summed E-state index contributed by atoms with van der Waals surface area (Å²) >= 11 is 6.07. The SMILES string of the molecule is Clc1ccc2c(c1)CC(N1CCCC1)CC2. The van der Waals surface area contributed by atoms with Crippen molar-refractivity contribution in [2.75, 3.05) is 13.1 Å². The minimum atomic E-state index is 0.772. The van der Waals surface area contributed by atoms with Gasteiger partial charge in [-0.05, 0) is 68.5 Å². The van der Waals surface area contributed by atoms with E-state index in [0.717, 1.165) is 11.1 Å². The number of benzene rings is 1.